The Bertz CT molecular complexity index is 452. The zero-order valence-electron chi connectivity index (χ0n) is 9.60. The first-order valence-corrected chi connectivity index (χ1v) is 5.22. The summed E-state index contributed by atoms with van der Waals surface area (Å²) in [6.07, 6.45) is -1.16. The van der Waals surface area contributed by atoms with Crippen molar-refractivity contribution in [3.05, 3.63) is 23.8 Å². The number of aliphatic carboxylic acids is 1. The monoisotopic (exact) mass is 237 g/mol. The van der Waals surface area contributed by atoms with E-state index in [0.717, 1.165) is 0 Å². The van der Waals surface area contributed by atoms with Gasteiger partial charge in [-0.05, 0) is 17.7 Å². The predicted molar refractivity (Wildman–Crippen MR) is 56.3 cm³/mol. The van der Waals surface area contributed by atoms with Gasteiger partial charge >= 0.3 is 0 Å². The molecule has 5 heteroatoms. The summed E-state index contributed by atoms with van der Waals surface area (Å²) in [4.78, 5) is 10.9. The van der Waals surface area contributed by atoms with Crippen molar-refractivity contribution in [3.8, 4) is 11.5 Å². The van der Waals surface area contributed by atoms with E-state index in [9.17, 15) is 15.0 Å². The highest BCUT2D eigenvalue weighted by atomic mass is 16.7. The molecule has 1 aromatic carbocycles. The normalized spacial score (nSPS) is 15.7. The van der Waals surface area contributed by atoms with Crippen LogP contribution in [-0.2, 0) is 4.79 Å². The number of ether oxygens (including phenoxy) is 2. The zero-order valence-corrected chi connectivity index (χ0v) is 9.60. The van der Waals surface area contributed by atoms with Gasteiger partial charge < -0.3 is 24.5 Å². The lowest BCUT2D eigenvalue weighted by molar-refractivity contribution is -0.321. The van der Waals surface area contributed by atoms with E-state index in [1.165, 1.54) is 13.8 Å². The Kier molecular flexibility index (Phi) is 2.71. The van der Waals surface area contributed by atoms with E-state index >= 15 is 0 Å². The molecule has 0 bridgehead atoms. The molecule has 0 amide bonds. The van der Waals surface area contributed by atoms with Gasteiger partial charge in [0.2, 0.25) is 6.79 Å². The molecule has 0 radical (unpaired) electrons. The van der Waals surface area contributed by atoms with Crippen LogP contribution in [0.25, 0.3) is 0 Å². The van der Waals surface area contributed by atoms with Crippen LogP contribution < -0.4 is 14.6 Å². The number of benzene rings is 1. The first kappa shape index (κ1) is 11.7. The fourth-order valence-electron chi connectivity index (χ4n) is 1.61. The van der Waals surface area contributed by atoms with E-state index in [2.05, 4.69) is 0 Å². The topological polar surface area (TPSA) is 78.8 Å². The quantitative estimate of drug-likeness (QED) is 0.813. The summed E-state index contributed by atoms with van der Waals surface area (Å²) in [5.74, 6) is -0.203. The van der Waals surface area contributed by atoms with Gasteiger partial charge in [-0.2, -0.15) is 0 Å². The fourth-order valence-corrected chi connectivity index (χ4v) is 1.61. The SMILES string of the molecule is CC(C)(C(=O)[O-])[C@H](O)c1ccc2c(c1)OCO2. The third kappa shape index (κ3) is 1.93. The van der Waals surface area contributed by atoms with Crippen LogP contribution >= 0.6 is 0 Å². The molecule has 0 fully saturated rings. The number of aliphatic hydroxyl groups is 1. The molecule has 2 rings (SSSR count). The van der Waals surface area contributed by atoms with Crippen LogP contribution in [0.2, 0.25) is 0 Å². The van der Waals surface area contributed by atoms with Crippen LogP contribution in [0, 0.1) is 5.41 Å². The van der Waals surface area contributed by atoms with Crippen molar-refractivity contribution in [3.63, 3.8) is 0 Å². The first-order valence-electron chi connectivity index (χ1n) is 5.22. The minimum atomic E-state index is -1.37. The second kappa shape index (κ2) is 3.92. The van der Waals surface area contributed by atoms with E-state index < -0.39 is 17.5 Å². The van der Waals surface area contributed by atoms with Gasteiger partial charge in [0.25, 0.3) is 0 Å². The number of fused-ring (bicyclic) bond motifs is 1. The smallest absolute Gasteiger partial charge is 0.231 e. The van der Waals surface area contributed by atoms with Gasteiger partial charge in [-0.15, -0.1) is 0 Å². The molecule has 1 aromatic rings. The molecule has 0 aliphatic carbocycles. The maximum atomic E-state index is 10.9. The molecule has 0 aromatic heterocycles. The van der Waals surface area contributed by atoms with Gasteiger partial charge in [0, 0.05) is 11.4 Å². The molecule has 92 valence electrons. The van der Waals surface area contributed by atoms with Gasteiger partial charge in [-0.25, -0.2) is 0 Å². The van der Waals surface area contributed by atoms with Crippen LogP contribution in [0.15, 0.2) is 18.2 Å². The zero-order chi connectivity index (χ0) is 12.6. The number of hydrogen-bond donors (Lipinski definition) is 1. The van der Waals surface area contributed by atoms with Gasteiger partial charge in [0.15, 0.2) is 11.5 Å². The molecular formula is C12H13O5-. The van der Waals surface area contributed by atoms with Crippen molar-refractivity contribution in [1.29, 1.82) is 0 Å². The maximum absolute atomic E-state index is 10.9. The second-order valence-electron chi connectivity index (χ2n) is 4.52. The van der Waals surface area contributed by atoms with E-state index in [-0.39, 0.29) is 6.79 Å². The number of aliphatic hydroxyl groups excluding tert-OH is 1. The Hall–Kier alpha value is -1.75. The predicted octanol–water partition coefficient (Wildman–Crippen LogP) is 0.225. The third-order valence-electron chi connectivity index (χ3n) is 2.92. The number of carboxylic acid groups (broad SMARTS) is 1. The van der Waals surface area contributed by atoms with E-state index in [1.807, 2.05) is 0 Å². The van der Waals surface area contributed by atoms with Crippen LogP contribution in [0.1, 0.15) is 25.5 Å². The Morgan fingerprint density at radius 3 is 2.71 bits per heavy atom. The van der Waals surface area contributed by atoms with Gasteiger partial charge in [0.1, 0.15) is 0 Å². The summed E-state index contributed by atoms with van der Waals surface area (Å²) < 4.78 is 10.3. The summed E-state index contributed by atoms with van der Waals surface area (Å²) in [6.45, 7) is 2.97. The third-order valence-corrected chi connectivity index (χ3v) is 2.92. The second-order valence-corrected chi connectivity index (χ2v) is 4.52. The van der Waals surface area contributed by atoms with Crippen LogP contribution in [-0.4, -0.2) is 17.9 Å². The Morgan fingerprint density at radius 1 is 1.41 bits per heavy atom. The molecule has 1 aliphatic rings. The molecule has 0 saturated heterocycles. The van der Waals surface area contributed by atoms with Crippen molar-refractivity contribution in [1.82, 2.24) is 0 Å². The summed E-state index contributed by atoms with van der Waals surface area (Å²) >= 11 is 0. The molecule has 0 unspecified atom stereocenters. The Morgan fingerprint density at radius 2 is 2.06 bits per heavy atom. The number of rotatable bonds is 3. The molecule has 0 saturated carbocycles. The van der Waals surface area contributed by atoms with Crippen molar-refractivity contribution in [2.75, 3.05) is 6.79 Å². The summed E-state index contributed by atoms with van der Waals surface area (Å²) in [5.41, 5.74) is -0.906. The number of carboxylic acids is 1. The number of carbonyl (C=O) groups excluding carboxylic acids is 1. The summed E-state index contributed by atoms with van der Waals surface area (Å²) in [6, 6.07) is 4.84. The highest BCUT2D eigenvalue weighted by Gasteiger charge is 2.31. The van der Waals surface area contributed by atoms with Crippen LogP contribution in [0.3, 0.4) is 0 Å². The molecular weight excluding hydrogens is 224 g/mol. The van der Waals surface area contributed by atoms with Crippen molar-refractivity contribution < 1.29 is 24.5 Å². The first-order chi connectivity index (χ1) is 7.93. The highest BCUT2D eigenvalue weighted by molar-refractivity contribution is 5.72. The van der Waals surface area contributed by atoms with Crippen molar-refractivity contribution in [2.24, 2.45) is 5.41 Å². The van der Waals surface area contributed by atoms with E-state index in [0.29, 0.717) is 17.1 Å². The van der Waals surface area contributed by atoms with Crippen molar-refractivity contribution in [2.45, 2.75) is 20.0 Å². The fraction of sp³-hybridized carbons (Fsp3) is 0.417. The lowest BCUT2D eigenvalue weighted by Gasteiger charge is -2.31. The lowest BCUT2D eigenvalue weighted by atomic mass is 9.83. The average Bonchev–Trinajstić information content (AvgIpc) is 2.74. The minimum Gasteiger partial charge on any atom is -0.549 e. The molecule has 1 aliphatic heterocycles. The van der Waals surface area contributed by atoms with E-state index in [1.54, 1.807) is 18.2 Å². The largest absolute Gasteiger partial charge is 0.549 e. The molecule has 1 atom stereocenters. The molecule has 17 heavy (non-hydrogen) atoms. The summed E-state index contributed by atoms with van der Waals surface area (Å²) in [5, 5.41) is 21.0. The van der Waals surface area contributed by atoms with E-state index in [4.69, 9.17) is 9.47 Å². The molecule has 5 nitrogen and oxygen atoms in total. The number of carbonyl (C=O) groups is 1. The Balaban J connectivity index is 2.32. The maximum Gasteiger partial charge on any atom is 0.231 e. The van der Waals surface area contributed by atoms with Gasteiger partial charge in [-0.1, -0.05) is 19.9 Å². The Labute approximate surface area is 98.6 Å². The van der Waals surface area contributed by atoms with Crippen LogP contribution in [0.5, 0.6) is 11.5 Å². The van der Waals surface area contributed by atoms with Crippen molar-refractivity contribution >= 4 is 5.97 Å². The van der Waals surface area contributed by atoms with Crippen LogP contribution in [0.4, 0.5) is 0 Å². The highest BCUT2D eigenvalue weighted by Crippen LogP contribution is 2.38. The molecule has 0 spiro atoms. The average molecular weight is 237 g/mol. The molecule has 1 heterocycles. The molecule has 1 N–H and O–H groups in total. The number of hydrogen-bond acceptors (Lipinski definition) is 5. The van der Waals surface area contributed by atoms with Gasteiger partial charge in [0.05, 0.1) is 6.10 Å². The standard InChI is InChI=1S/C12H14O5/c1-12(2,11(14)15)10(13)7-3-4-8-9(5-7)17-6-16-8/h3-5,10,13H,6H2,1-2H3,(H,14,15)/p-1/t10-/m1/s1. The minimum absolute atomic E-state index is 0.138. The van der Waals surface area contributed by atoms with Gasteiger partial charge in [-0.3, -0.25) is 0 Å². The summed E-state index contributed by atoms with van der Waals surface area (Å²) in [7, 11) is 0. The lowest BCUT2D eigenvalue weighted by Crippen LogP contribution is -2.42.